The predicted octanol–water partition coefficient (Wildman–Crippen LogP) is 9.15. The average Bonchev–Trinajstić information content (AvgIpc) is 3.02. The van der Waals surface area contributed by atoms with E-state index in [2.05, 4.69) is 32.0 Å². The van der Waals surface area contributed by atoms with Crippen LogP contribution < -0.4 is 9.64 Å². The Balaban J connectivity index is 1.43. The van der Waals surface area contributed by atoms with E-state index >= 15 is 0 Å². The molecule has 5 rings (SSSR count). The SMILES string of the molecule is CCCOc1cc(-c2ccc(C(O)N(C(=O)C3CCCCC3)c3cccc(/C=C/C(OC)=C4CCC4)c3)cc2)ccc1C. The fourth-order valence-corrected chi connectivity index (χ4v) is 5.96. The van der Waals surface area contributed by atoms with Gasteiger partial charge in [-0.3, -0.25) is 9.69 Å². The molecule has 0 saturated heterocycles. The van der Waals surface area contributed by atoms with Gasteiger partial charge in [-0.05, 0) is 97.6 Å². The van der Waals surface area contributed by atoms with Crippen LogP contribution in [0.3, 0.4) is 0 Å². The fraction of sp³-hybridized carbons (Fsp3) is 0.395. The largest absolute Gasteiger partial charge is 0.497 e. The molecular formula is C38H45NO4. The van der Waals surface area contributed by atoms with Crippen molar-refractivity contribution in [3.05, 3.63) is 101 Å². The average molecular weight is 580 g/mol. The third-order valence-corrected chi connectivity index (χ3v) is 8.73. The quantitative estimate of drug-likeness (QED) is 0.182. The number of nitrogens with zero attached hydrogens (tertiary/aromatic N) is 1. The van der Waals surface area contributed by atoms with Gasteiger partial charge in [-0.25, -0.2) is 0 Å². The molecule has 2 fully saturated rings. The summed E-state index contributed by atoms with van der Waals surface area (Å²) < 4.78 is 11.6. The van der Waals surface area contributed by atoms with Gasteiger partial charge >= 0.3 is 0 Å². The molecule has 5 nitrogen and oxygen atoms in total. The first-order chi connectivity index (χ1) is 21.0. The van der Waals surface area contributed by atoms with Gasteiger partial charge in [0.15, 0.2) is 6.23 Å². The van der Waals surface area contributed by atoms with E-state index in [0.717, 1.165) is 85.1 Å². The summed E-state index contributed by atoms with van der Waals surface area (Å²) in [5.74, 6) is 1.72. The van der Waals surface area contributed by atoms with Crippen LogP contribution in [0.15, 0.2) is 84.1 Å². The smallest absolute Gasteiger partial charge is 0.232 e. The number of allylic oxidation sites excluding steroid dienone is 2. The molecule has 226 valence electrons. The van der Waals surface area contributed by atoms with E-state index in [-0.39, 0.29) is 11.8 Å². The number of hydrogen-bond donors (Lipinski definition) is 1. The number of carbonyl (C=O) groups excluding carboxylic acids is 1. The lowest BCUT2D eigenvalue weighted by atomic mass is 9.88. The number of amides is 1. The van der Waals surface area contributed by atoms with Gasteiger partial charge in [-0.2, -0.15) is 0 Å². The van der Waals surface area contributed by atoms with Crippen molar-refractivity contribution in [3.63, 3.8) is 0 Å². The highest BCUT2D eigenvalue weighted by molar-refractivity contribution is 5.96. The highest BCUT2D eigenvalue weighted by Gasteiger charge is 2.32. The molecule has 1 N–H and O–H groups in total. The van der Waals surface area contributed by atoms with Crippen molar-refractivity contribution < 1.29 is 19.4 Å². The topological polar surface area (TPSA) is 59.0 Å². The number of methoxy groups -OCH3 is 1. The number of aliphatic hydroxyl groups excluding tert-OH is 1. The summed E-state index contributed by atoms with van der Waals surface area (Å²) in [5, 5.41) is 11.8. The normalized spacial score (nSPS) is 16.0. The van der Waals surface area contributed by atoms with Crippen LogP contribution in [0.2, 0.25) is 0 Å². The molecule has 3 aromatic rings. The molecule has 2 aliphatic rings. The van der Waals surface area contributed by atoms with E-state index in [0.29, 0.717) is 17.9 Å². The first-order valence-electron chi connectivity index (χ1n) is 15.9. The maximum Gasteiger partial charge on any atom is 0.232 e. The van der Waals surface area contributed by atoms with Crippen LogP contribution in [0.4, 0.5) is 5.69 Å². The van der Waals surface area contributed by atoms with Crippen LogP contribution in [0, 0.1) is 12.8 Å². The number of aliphatic hydroxyl groups is 1. The molecule has 0 heterocycles. The maximum absolute atomic E-state index is 14.0. The van der Waals surface area contributed by atoms with E-state index in [1.165, 1.54) is 12.0 Å². The van der Waals surface area contributed by atoms with Crippen LogP contribution in [0.1, 0.15) is 87.6 Å². The van der Waals surface area contributed by atoms with Crippen LogP contribution in [-0.4, -0.2) is 24.7 Å². The zero-order valence-electron chi connectivity index (χ0n) is 25.9. The molecule has 0 radical (unpaired) electrons. The van der Waals surface area contributed by atoms with Gasteiger partial charge in [0.05, 0.1) is 13.7 Å². The lowest BCUT2D eigenvalue weighted by Crippen LogP contribution is -2.40. The molecule has 5 heteroatoms. The number of aryl methyl sites for hydroxylation is 1. The molecule has 0 spiro atoms. The van der Waals surface area contributed by atoms with Crippen LogP contribution in [-0.2, 0) is 9.53 Å². The van der Waals surface area contributed by atoms with E-state index in [1.807, 2.05) is 60.7 Å². The van der Waals surface area contributed by atoms with Crippen LogP contribution in [0.25, 0.3) is 17.2 Å². The summed E-state index contributed by atoms with van der Waals surface area (Å²) in [6.45, 7) is 4.84. The minimum Gasteiger partial charge on any atom is -0.497 e. The van der Waals surface area contributed by atoms with Crippen molar-refractivity contribution in [1.29, 1.82) is 0 Å². The van der Waals surface area contributed by atoms with E-state index in [1.54, 1.807) is 12.0 Å². The molecule has 1 unspecified atom stereocenters. The van der Waals surface area contributed by atoms with Crippen molar-refractivity contribution in [2.75, 3.05) is 18.6 Å². The Hall–Kier alpha value is -3.83. The zero-order valence-corrected chi connectivity index (χ0v) is 25.9. The van der Waals surface area contributed by atoms with Gasteiger partial charge in [-0.15, -0.1) is 0 Å². The van der Waals surface area contributed by atoms with Gasteiger partial charge in [-0.1, -0.05) is 80.8 Å². The molecule has 1 amide bonds. The number of benzene rings is 3. The Morgan fingerprint density at radius 2 is 1.72 bits per heavy atom. The highest BCUT2D eigenvalue weighted by atomic mass is 16.5. The summed E-state index contributed by atoms with van der Waals surface area (Å²) in [7, 11) is 1.71. The van der Waals surface area contributed by atoms with Gasteiger partial charge < -0.3 is 14.6 Å². The fourth-order valence-electron chi connectivity index (χ4n) is 5.96. The third kappa shape index (κ3) is 7.40. The standard InChI is InChI=1S/C38H45NO4/c1-4-24-43-36-26-33(18-16-27(36)2)29-19-21-32(22-20-29)38(41)39(37(40)31-11-6-5-7-12-31)34-15-8-10-28(25-34)17-23-35(42-3)30-13-9-14-30/h8,10,15-23,25-26,31,38,41H,4-7,9,11-14,24H2,1-3H3/b23-17+. The van der Waals surface area contributed by atoms with Gasteiger partial charge in [0.25, 0.3) is 0 Å². The Morgan fingerprint density at radius 1 is 0.977 bits per heavy atom. The first-order valence-corrected chi connectivity index (χ1v) is 15.9. The van der Waals surface area contributed by atoms with Gasteiger partial charge in [0.1, 0.15) is 11.5 Å². The van der Waals surface area contributed by atoms with E-state index in [4.69, 9.17) is 9.47 Å². The monoisotopic (exact) mass is 579 g/mol. The highest BCUT2D eigenvalue weighted by Crippen LogP contribution is 2.35. The number of hydrogen-bond acceptors (Lipinski definition) is 4. The second kappa shape index (κ2) is 14.6. The van der Waals surface area contributed by atoms with Crippen molar-refractivity contribution in [2.45, 2.75) is 77.9 Å². The van der Waals surface area contributed by atoms with Crippen LogP contribution in [0.5, 0.6) is 5.75 Å². The minimum atomic E-state index is -1.10. The summed E-state index contributed by atoms with van der Waals surface area (Å²) >= 11 is 0. The summed E-state index contributed by atoms with van der Waals surface area (Å²) in [6, 6.07) is 22.0. The first kappa shape index (κ1) is 30.6. The molecule has 43 heavy (non-hydrogen) atoms. The second-order valence-electron chi connectivity index (χ2n) is 11.8. The zero-order chi connectivity index (χ0) is 30.2. The number of rotatable bonds is 11. The van der Waals surface area contributed by atoms with Crippen molar-refractivity contribution in [2.24, 2.45) is 5.92 Å². The Bertz CT molecular complexity index is 1440. The predicted molar refractivity (Wildman–Crippen MR) is 175 cm³/mol. The van der Waals surface area contributed by atoms with Crippen LogP contribution >= 0.6 is 0 Å². The van der Waals surface area contributed by atoms with Crippen molar-refractivity contribution >= 4 is 17.7 Å². The van der Waals surface area contributed by atoms with E-state index in [9.17, 15) is 9.90 Å². The summed E-state index contributed by atoms with van der Waals surface area (Å²) in [5.41, 5.74) is 6.87. The van der Waals surface area contributed by atoms with Crippen molar-refractivity contribution in [1.82, 2.24) is 0 Å². The van der Waals surface area contributed by atoms with Gasteiger partial charge in [0, 0.05) is 17.2 Å². The summed E-state index contributed by atoms with van der Waals surface area (Å²) in [6.07, 6.45) is 12.3. The lowest BCUT2D eigenvalue weighted by Gasteiger charge is -2.33. The third-order valence-electron chi connectivity index (χ3n) is 8.73. The summed E-state index contributed by atoms with van der Waals surface area (Å²) in [4.78, 5) is 15.6. The molecule has 0 aliphatic heterocycles. The molecular weight excluding hydrogens is 534 g/mol. The van der Waals surface area contributed by atoms with E-state index < -0.39 is 6.23 Å². The number of ether oxygens (including phenoxy) is 2. The van der Waals surface area contributed by atoms with Crippen molar-refractivity contribution in [3.8, 4) is 16.9 Å². The Morgan fingerprint density at radius 3 is 2.40 bits per heavy atom. The molecule has 3 aromatic carbocycles. The molecule has 2 saturated carbocycles. The molecule has 0 aromatic heterocycles. The van der Waals surface area contributed by atoms with Gasteiger partial charge in [0.2, 0.25) is 5.91 Å². The maximum atomic E-state index is 14.0. The lowest BCUT2D eigenvalue weighted by molar-refractivity contribution is -0.125. The molecule has 2 aliphatic carbocycles. The number of carbonyl (C=O) groups is 1. The second-order valence-corrected chi connectivity index (χ2v) is 11.8. The molecule has 1 atom stereocenters. The number of anilines is 1. The molecule has 0 bridgehead atoms. The minimum absolute atomic E-state index is 0.0113. The Labute approximate surface area is 256 Å². The Kier molecular flexibility index (Phi) is 10.4.